The summed E-state index contributed by atoms with van der Waals surface area (Å²) in [4.78, 5) is 13.4. The largest absolute Gasteiger partial charge is 0.469 e. The normalized spacial score (nSPS) is 49.1. The summed E-state index contributed by atoms with van der Waals surface area (Å²) in [6.45, 7) is 17.1. The van der Waals surface area contributed by atoms with E-state index >= 15 is 0 Å². The van der Waals surface area contributed by atoms with E-state index in [4.69, 9.17) is 4.74 Å². The predicted octanol–water partition coefficient (Wildman–Crippen LogP) is 7.79. The third-order valence-corrected chi connectivity index (χ3v) is 13.1. The monoisotopic (exact) mass is 483 g/mol. The number of hydrogen-bond acceptors (Lipinski definition) is 4. The van der Waals surface area contributed by atoms with E-state index in [1.807, 2.05) is 0 Å². The second kappa shape index (κ2) is 7.60. The molecule has 0 aromatic rings. The van der Waals surface area contributed by atoms with Crippen LogP contribution in [0.25, 0.3) is 0 Å². The number of oxime groups is 1. The van der Waals surface area contributed by atoms with Crippen LogP contribution in [0.4, 0.5) is 0 Å². The quantitative estimate of drug-likeness (QED) is 0.179. The first kappa shape index (κ1) is 25.3. The van der Waals surface area contributed by atoms with Gasteiger partial charge in [-0.3, -0.25) is 4.79 Å². The fourth-order valence-corrected chi connectivity index (χ4v) is 10.8. The molecule has 4 heteroatoms. The molecule has 0 bridgehead atoms. The molecule has 5 aliphatic rings. The van der Waals surface area contributed by atoms with Crippen LogP contribution in [0.3, 0.4) is 0 Å². The van der Waals surface area contributed by atoms with Gasteiger partial charge in [0.25, 0.3) is 0 Å². The molecule has 0 radical (unpaired) electrons. The van der Waals surface area contributed by atoms with Crippen LogP contribution in [0.15, 0.2) is 16.8 Å². The van der Waals surface area contributed by atoms with E-state index in [0.717, 1.165) is 57.1 Å². The standard InChI is InChI=1S/C31H49NO3/c1-26(2)15-17-31(25(33)35-8)18-16-29(6)20(21(31)19-26)9-10-23-28(5)13-12-24(32-34)27(3,4)22(28)11-14-30(23,29)7/h9,21-23,34H,10-19H2,1-8H3/b32-24-/t21?,22?,23?,28-,29+,30+,31-/m0/s1. The molecule has 0 heterocycles. The fraction of sp³-hybridized carbons (Fsp3) is 0.871. The Bertz CT molecular complexity index is 978. The van der Waals surface area contributed by atoms with Gasteiger partial charge in [-0.2, -0.15) is 0 Å². The average Bonchev–Trinajstić information content (AvgIpc) is 2.78. The van der Waals surface area contributed by atoms with E-state index in [1.165, 1.54) is 12.8 Å². The van der Waals surface area contributed by atoms with Gasteiger partial charge in [0.15, 0.2) is 0 Å². The van der Waals surface area contributed by atoms with Crippen molar-refractivity contribution in [3.05, 3.63) is 11.6 Å². The van der Waals surface area contributed by atoms with Crippen LogP contribution < -0.4 is 0 Å². The highest BCUT2D eigenvalue weighted by Gasteiger charge is 2.69. The summed E-state index contributed by atoms with van der Waals surface area (Å²) >= 11 is 0. The zero-order valence-corrected chi connectivity index (χ0v) is 23.6. The lowest BCUT2D eigenvalue weighted by molar-refractivity contribution is -0.181. The third-order valence-electron chi connectivity index (χ3n) is 13.1. The number of esters is 1. The van der Waals surface area contributed by atoms with Gasteiger partial charge in [-0.15, -0.1) is 0 Å². The molecule has 0 aromatic heterocycles. The van der Waals surface area contributed by atoms with Gasteiger partial charge in [-0.1, -0.05) is 65.3 Å². The molecular weight excluding hydrogens is 434 g/mol. The van der Waals surface area contributed by atoms with Crippen molar-refractivity contribution in [3.8, 4) is 0 Å². The maximum Gasteiger partial charge on any atom is 0.312 e. The van der Waals surface area contributed by atoms with Gasteiger partial charge in [0.05, 0.1) is 18.2 Å². The summed E-state index contributed by atoms with van der Waals surface area (Å²) in [5.41, 5.74) is 3.02. The molecule has 5 aliphatic carbocycles. The Balaban J connectivity index is 1.60. The second-order valence-electron chi connectivity index (χ2n) is 15.1. The minimum absolute atomic E-state index is 0.0359. The molecule has 0 spiro atoms. The number of rotatable bonds is 1. The summed E-state index contributed by atoms with van der Waals surface area (Å²) in [5.74, 6) is 1.49. The molecule has 0 aliphatic heterocycles. The highest BCUT2D eigenvalue weighted by atomic mass is 16.5. The molecule has 196 valence electrons. The lowest BCUT2D eigenvalue weighted by Crippen LogP contribution is -2.64. The Morgan fingerprint density at radius 2 is 1.66 bits per heavy atom. The molecule has 1 N–H and O–H groups in total. The Kier molecular flexibility index (Phi) is 5.50. The number of nitrogens with zero attached hydrogens (tertiary/aromatic N) is 1. The molecule has 5 rings (SSSR count). The first-order valence-corrected chi connectivity index (χ1v) is 14.2. The van der Waals surface area contributed by atoms with Crippen molar-refractivity contribution < 1.29 is 14.7 Å². The van der Waals surface area contributed by atoms with E-state index in [1.54, 1.807) is 12.7 Å². The lowest BCUT2D eigenvalue weighted by atomic mass is 9.33. The van der Waals surface area contributed by atoms with Crippen molar-refractivity contribution in [2.24, 2.45) is 55.4 Å². The van der Waals surface area contributed by atoms with Crippen LogP contribution >= 0.6 is 0 Å². The van der Waals surface area contributed by atoms with Crippen molar-refractivity contribution in [2.45, 2.75) is 113 Å². The molecule has 7 atom stereocenters. The van der Waals surface area contributed by atoms with Crippen LogP contribution in [-0.4, -0.2) is 24.0 Å². The van der Waals surface area contributed by atoms with E-state index in [0.29, 0.717) is 17.8 Å². The summed E-state index contributed by atoms with van der Waals surface area (Å²) < 4.78 is 5.50. The van der Waals surface area contributed by atoms with Crippen LogP contribution in [0.2, 0.25) is 0 Å². The molecular formula is C31H49NO3. The lowest BCUT2D eigenvalue weighted by Gasteiger charge is -2.70. The molecule has 4 saturated carbocycles. The topological polar surface area (TPSA) is 58.9 Å². The maximum atomic E-state index is 13.4. The Morgan fingerprint density at radius 1 is 0.971 bits per heavy atom. The smallest absolute Gasteiger partial charge is 0.312 e. The van der Waals surface area contributed by atoms with Gasteiger partial charge >= 0.3 is 5.97 Å². The minimum Gasteiger partial charge on any atom is -0.469 e. The van der Waals surface area contributed by atoms with Gasteiger partial charge < -0.3 is 9.94 Å². The molecule has 4 nitrogen and oxygen atoms in total. The molecule has 35 heavy (non-hydrogen) atoms. The van der Waals surface area contributed by atoms with E-state index in [9.17, 15) is 10.0 Å². The summed E-state index contributed by atoms with van der Waals surface area (Å²) in [7, 11) is 1.59. The van der Waals surface area contributed by atoms with Crippen molar-refractivity contribution in [3.63, 3.8) is 0 Å². The van der Waals surface area contributed by atoms with Gasteiger partial charge in [0.1, 0.15) is 0 Å². The van der Waals surface area contributed by atoms with Crippen molar-refractivity contribution in [1.29, 1.82) is 0 Å². The van der Waals surface area contributed by atoms with Crippen molar-refractivity contribution >= 4 is 11.7 Å². The number of hydrogen-bond donors (Lipinski definition) is 1. The SMILES string of the molecule is COC(=O)[C@]12CCC(C)(C)CC1C1=CCC3[C@@]4(C)CC/C(=N/O)C(C)(C)C4CC[C@@]3(C)[C@]1(C)CC2. The molecule has 4 fully saturated rings. The Labute approximate surface area is 213 Å². The minimum atomic E-state index is -0.334. The summed E-state index contributed by atoms with van der Waals surface area (Å²) in [6, 6.07) is 0. The molecule has 3 unspecified atom stereocenters. The summed E-state index contributed by atoms with van der Waals surface area (Å²) in [6.07, 6.45) is 13.4. The fourth-order valence-electron chi connectivity index (χ4n) is 10.8. The molecule has 0 saturated heterocycles. The number of carbonyl (C=O) groups excluding carboxylic acids is 1. The van der Waals surface area contributed by atoms with E-state index < -0.39 is 0 Å². The van der Waals surface area contributed by atoms with Crippen LogP contribution in [-0.2, 0) is 9.53 Å². The zero-order valence-electron chi connectivity index (χ0n) is 23.6. The number of fused-ring (bicyclic) bond motifs is 7. The Morgan fingerprint density at radius 3 is 2.31 bits per heavy atom. The van der Waals surface area contributed by atoms with Crippen LogP contribution in [0.1, 0.15) is 113 Å². The first-order valence-electron chi connectivity index (χ1n) is 14.2. The first-order chi connectivity index (χ1) is 16.2. The molecule has 0 aromatic carbocycles. The number of carbonyl (C=O) groups is 1. The van der Waals surface area contributed by atoms with E-state index in [2.05, 4.69) is 59.7 Å². The van der Waals surface area contributed by atoms with E-state index in [-0.39, 0.29) is 38.5 Å². The van der Waals surface area contributed by atoms with Crippen LogP contribution in [0, 0.1) is 50.2 Å². The van der Waals surface area contributed by atoms with Crippen molar-refractivity contribution in [2.75, 3.05) is 7.11 Å². The van der Waals surface area contributed by atoms with Gasteiger partial charge in [-0.25, -0.2) is 0 Å². The van der Waals surface area contributed by atoms with Gasteiger partial charge in [0.2, 0.25) is 0 Å². The third kappa shape index (κ3) is 3.10. The van der Waals surface area contributed by atoms with Gasteiger partial charge in [0, 0.05) is 5.41 Å². The summed E-state index contributed by atoms with van der Waals surface area (Å²) in [5, 5.41) is 13.5. The number of methoxy groups -OCH3 is 1. The maximum absolute atomic E-state index is 13.4. The highest BCUT2D eigenvalue weighted by Crippen LogP contribution is 2.75. The predicted molar refractivity (Wildman–Crippen MR) is 140 cm³/mol. The average molecular weight is 484 g/mol. The Hall–Kier alpha value is -1.32. The van der Waals surface area contributed by atoms with Crippen LogP contribution in [0.5, 0.6) is 0 Å². The number of allylic oxidation sites excluding steroid dienone is 2. The highest BCUT2D eigenvalue weighted by molar-refractivity contribution is 5.90. The zero-order chi connectivity index (χ0) is 25.7. The van der Waals surface area contributed by atoms with Crippen molar-refractivity contribution in [1.82, 2.24) is 0 Å². The number of ether oxygens (including phenoxy) is 1. The second-order valence-corrected chi connectivity index (χ2v) is 15.1. The van der Waals surface area contributed by atoms with Gasteiger partial charge in [-0.05, 0) is 104 Å². The molecule has 0 amide bonds.